The van der Waals surface area contributed by atoms with E-state index in [2.05, 4.69) is 10.3 Å². The van der Waals surface area contributed by atoms with Gasteiger partial charge in [0.05, 0.1) is 0 Å². The quantitative estimate of drug-likeness (QED) is 0.875. The highest BCUT2D eigenvalue weighted by molar-refractivity contribution is 6.04. The van der Waals surface area contributed by atoms with E-state index in [0.29, 0.717) is 5.69 Å². The lowest BCUT2D eigenvalue weighted by atomic mass is 10.1. The van der Waals surface area contributed by atoms with Crippen molar-refractivity contribution < 1.29 is 4.79 Å². The number of carbonyl (C=O) groups excluding carboxylic acids is 1. The number of anilines is 1. The molecule has 0 saturated carbocycles. The molecular formula is C15H16N2O. The van der Waals surface area contributed by atoms with Gasteiger partial charge in [0.25, 0.3) is 5.91 Å². The molecule has 92 valence electrons. The summed E-state index contributed by atoms with van der Waals surface area (Å²) in [4.78, 5) is 16.3. The number of nitrogens with one attached hydrogen (secondary N) is 1. The fourth-order valence-electron chi connectivity index (χ4n) is 1.91. The molecule has 1 N–H and O–H groups in total. The van der Waals surface area contributed by atoms with E-state index in [-0.39, 0.29) is 5.91 Å². The first kappa shape index (κ1) is 12.3. The molecule has 3 nitrogen and oxygen atoms in total. The Morgan fingerprint density at radius 3 is 2.22 bits per heavy atom. The van der Waals surface area contributed by atoms with E-state index in [1.54, 1.807) is 6.20 Å². The van der Waals surface area contributed by atoms with Crippen LogP contribution >= 0.6 is 0 Å². The lowest BCUT2D eigenvalue weighted by Crippen LogP contribution is -2.16. The van der Waals surface area contributed by atoms with Crippen molar-refractivity contribution in [1.29, 1.82) is 0 Å². The van der Waals surface area contributed by atoms with Crippen LogP contribution in [0.5, 0.6) is 0 Å². The van der Waals surface area contributed by atoms with Crippen LogP contribution in [0.25, 0.3) is 0 Å². The maximum atomic E-state index is 12.2. The fourth-order valence-corrected chi connectivity index (χ4v) is 1.91. The number of nitrogens with zero attached hydrogens (tertiary/aromatic N) is 1. The standard InChI is InChI=1S/C15H16N2O/c1-10-6-4-7-11(2)13(10)17-15(18)14-12(3)8-5-9-16-14/h4-9H,1-3H3,(H,17,18). The topological polar surface area (TPSA) is 42.0 Å². The van der Waals surface area contributed by atoms with Crippen LogP contribution in [0.15, 0.2) is 36.5 Å². The molecule has 0 saturated heterocycles. The van der Waals surface area contributed by atoms with Gasteiger partial charge in [0, 0.05) is 11.9 Å². The molecule has 1 heterocycles. The third-order valence-corrected chi connectivity index (χ3v) is 2.94. The van der Waals surface area contributed by atoms with Crippen molar-refractivity contribution in [3.8, 4) is 0 Å². The molecule has 0 fully saturated rings. The van der Waals surface area contributed by atoms with Gasteiger partial charge in [-0.1, -0.05) is 24.3 Å². The zero-order valence-corrected chi connectivity index (χ0v) is 10.8. The van der Waals surface area contributed by atoms with Crippen LogP contribution in [0, 0.1) is 20.8 Å². The molecule has 1 aromatic carbocycles. The lowest BCUT2D eigenvalue weighted by molar-refractivity contribution is 0.102. The third kappa shape index (κ3) is 2.40. The Kier molecular flexibility index (Phi) is 3.42. The summed E-state index contributed by atoms with van der Waals surface area (Å²) in [5.41, 5.74) is 4.32. The maximum Gasteiger partial charge on any atom is 0.274 e. The van der Waals surface area contributed by atoms with Crippen molar-refractivity contribution in [2.45, 2.75) is 20.8 Å². The van der Waals surface area contributed by atoms with Gasteiger partial charge < -0.3 is 5.32 Å². The maximum absolute atomic E-state index is 12.2. The first-order valence-corrected chi connectivity index (χ1v) is 5.89. The van der Waals surface area contributed by atoms with Crippen molar-refractivity contribution in [2.75, 3.05) is 5.32 Å². The van der Waals surface area contributed by atoms with E-state index in [0.717, 1.165) is 22.4 Å². The Morgan fingerprint density at radius 1 is 1.00 bits per heavy atom. The summed E-state index contributed by atoms with van der Waals surface area (Å²) in [6.45, 7) is 5.84. The lowest BCUT2D eigenvalue weighted by Gasteiger charge is -2.11. The summed E-state index contributed by atoms with van der Waals surface area (Å²) in [6, 6.07) is 9.64. The van der Waals surface area contributed by atoms with Gasteiger partial charge in [-0.25, -0.2) is 0 Å². The SMILES string of the molecule is Cc1cccnc1C(=O)Nc1c(C)cccc1C. The predicted octanol–water partition coefficient (Wildman–Crippen LogP) is 3.26. The normalized spacial score (nSPS) is 10.2. The van der Waals surface area contributed by atoms with E-state index in [9.17, 15) is 4.79 Å². The molecule has 0 aliphatic carbocycles. The Hall–Kier alpha value is -2.16. The molecule has 0 atom stereocenters. The van der Waals surface area contributed by atoms with Gasteiger partial charge in [-0.15, -0.1) is 0 Å². The average Bonchev–Trinajstić information content (AvgIpc) is 2.34. The molecule has 0 spiro atoms. The van der Waals surface area contributed by atoms with Gasteiger partial charge in [0.1, 0.15) is 5.69 Å². The molecule has 0 aliphatic heterocycles. The van der Waals surface area contributed by atoms with Crippen molar-refractivity contribution >= 4 is 11.6 Å². The molecule has 1 aromatic heterocycles. The van der Waals surface area contributed by atoms with Crippen LogP contribution in [0.1, 0.15) is 27.2 Å². The average molecular weight is 240 g/mol. The van der Waals surface area contributed by atoms with E-state index >= 15 is 0 Å². The molecule has 2 aromatic rings. The van der Waals surface area contributed by atoms with Gasteiger partial charge in [0.2, 0.25) is 0 Å². The number of benzene rings is 1. The summed E-state index contributed by atoms with van der Waals surface area (Å²) in [6.07, 6.45) is 1.63. The first-order chi connectivity index (χ1) is 8.59. The van der Waals surface area contributed by atoms with Gasteiger partial charge >= 0.3 is 0 Å². The summed E-state index contributed by atoms with van der Waals surface area (Å²) < 4.78 is 0. The van der Waals surface area contributed by atoms with Crippen LogP contribution in [0.2, 0.25) is 0 Å². The van der Waals surface area contributed by atoms with E-state index in [4.69, 9.17) is 0 Å². The van der Waals surface area contributed by atoms with Crippen molar-refractivity contribution in [1.82, 2.24) is 4.98 Å². The molecule has 0 bridgehead atoms. The van der Waals surface area contributed by atoms with Crippen molar-refractivity contribution in [2.24, 2.45) is 0 Å². The minimum Gasteiger partial charge on any atom is -0.320 e. The summed E-state index contributed by atoms with van der Waals surface area (Å²) in [5.74, 6) is -0.162. The minimum atomic E-state index is -0.162. The number of rotatable bonds is 2. The molecule has 3 heteroatoms. The molecule has 1 amide bonds. The summed E-state index contributed by atoms with van der Waals surface area (Å²) in [5, 5.41) is 2.93. The summed E-state index contributed by atoms with van der Waals surface area (Å²) in [7, 11) is 0. The fraction of sp³-hybridized carbons (Fsp3) is 0.200. The van der Waals surface area contributed by atoms with Crippen LogP contribution in [-0.2, 0) is 0 Å². The van der Waals surface area contributed by atoms with Gasteiger partial charge in [-0.05, 0) is 43.5 Å². The number of amides is 1. The number of hydrogen-bond donors (Lipinski definition) is 1. The van der Waals surface area contributed by atoms with E-state index in [1.165, 1.54) is 0 Å². The Morgan fingerprint density at radius 2 is 1.61 bits per heavy atom. The molecular weight excluding hydrogens is 224 g/mol. The molecule has 0 unspecified atom stereocenters. The third-order valence-electron chi connectivity index (χ3n) is 2.94. The number of aryl methyl sites for hydroxylation is 3. The Balaban J connectivity index is 2.30. The van der Waals surface area contributed by atoms with Crippen LogP contribution < -0.4 is 5.32 Å². The van der Waals surface area contributed by atoms with Gasteiger partial charge in [-0.3, -0.25) is 9.78 Å². The second-order valence-electron chi connectivity index (χ2n) is 4.39. The zero-order valence-electron chi connectivity index (χ0n) is 10.8. The number of hydrogen-bond acceptors (Lipinski definition) is 2. The highest BCUT2D eigenvalue weighted by atomic mass is 16.1. The van der Waals surface area contributed by atoms with E-state index < -0.39 is 0 Å². The first-order valence-electron chi connectivity index (χ1n) is 5.89. The number of para-hydroxylation sites is 1. The highest BCUT2D eigenvalue weighted by Gasteiger charge is 2.12. The Labute approximate surface area is 107 Å². The van der Waals surface area contributed by atoms with E-state index in [1.807, 2.05) is 51.1 Å². The monoisotopic (exact) mass is 240 g/mol. The van der Waals surface area contributed by atoms with Crippen molar-refractivity contribution in [3.63, 3.8) is 0 Å². The van der Waals surface area contributed by atoms with Crippen LogP contribution in [-0.4, -0.2) is 10.9 Å². The predicted molar refractivity (Wildman–Crippen MR) is 72.8 cm³/mol. The molecule has 2 rings (SSSR count). The van der Waals surface area contributed by atoms with Crippen LogP contribution in [0.4, 0.5) is 5.69 Å². The largest absolute Gasteiger partial charge is 0.320 e. The Bertz CT molecular complexity index is 571. The number of carbonyl (C=O) groups is 1. The molecule has 0 radical (unpaired) electrons. The second kappa shape index (κ2) is 5.00. The molecule has 0 aliphatic rings. The zero-order chi connectivity index (χ0) is 13.1. The number of pyridine rings is 1. The smallest absolute Gasteiger partial charge is 0.274 e. The van der Waals surface area contributed by atoms with Crippen LogP contribution in [0.3, 0.4) is 0 Å². The second-order valence-corrected chi connectivity index (χ2v) is 4.39. The highest BCUT2D eigenvalue weighted by Crippen LogP contribution is 2.20. The number of aromatic nitrogens is 1. The minimum absolute atomic E-state index is 0.162. The molecule has 18 heavy (non-hydrogen) atoms. The van der Waals surface area contributed by atoms with Crippen molar-refractivity contribution in [3.05, 3.63) is 58.9 Å². The summed E-state index contributed by atoms with van der Waals surface area (Å²) >= 11 is 0. The van der Waals surface area contributed by atoms with Gasteiger partial charge in [-0.2, -0.15) is 0 Å². The van der Waals surface area contributed by atoms with Gasteiger partial charge in [0.15, 0.2) is 0 Å².